The molecular weight excluding hydrogens is 240 g/mol. The van der Waals surface area contributed by atoms with E-state index in [9.17, 15) is 9.90 Å². The Balaban J connectivity index is 1.78. The van der Waals surface area contributed by atoms with Gasteiger partial charge < -0.3 is 9.84 Å². The predicted molar refractivity (Wildman–Crippen MR) is 72.5 cm³/mol. The molecule has 4 aliphatic carbocycles. The van der Waals surface area contributed by atoms with Crippen molar-refractivity contribution in [2.75, 3.05) is 0 Å². The van der Waals surface area contributed by atoms with Gasteiger partial charge in [-0.1, -0.05) is 13.8 Å². The van der Waals surface area contributed by atoms with Crippen LogP contribution in [0.15, 0.2) is 0 Å². The van der Waals surface area contributed by atoms with Crippen LogP contribution in [0.3, 0.4) is 0 Å². The minimum absolute atomic E-state index is 0.00600. The Labute approximate surface area is 115 Å². The van der Waals surface area contributed by atoms with Crippen molar-refractivity contribution in [1.29, 1.82) is 0 Å². The molecule has 3 nitrogen and oxygen atoms in total. The van der Waals surface area contributed by atoms with Gasteiger partial charge in [0.15, 0.2) is 0 Å². The highest BCUT2D eigenvalue weighted by atomic mass is 16.6. The summed E-state index contributed by atoms with van der Waals surface area (Å²) >= 11 is 0. The summed E-state index contributed by atoms with van der Waals surface area (Å²) in [6.07, 6.45) is 5.84. The van der Waals surface area contributed by atoms with Crippen molar-refractivity contribution in [2.45, 2.75) is 70.5 Å². The Morgan fingerprint density at radius 2 is 1.89 bits per heavy atom. The molecule has 0 aromatic rings. The monoisotopic (exact) mass is 266 g/mol. The summed E-state index contributed by atoms with van der Waals surface area (Å²) in [5.41, 5.74) is -0.789. The third-order valence-electron chi connectivity index (χ3n) is 6.12. The second-order valence-corrected chi connectivity index (χ2v) is 7.48. The maximum absolute atomic E-state index is 12.1. The maximum atomic E-state index is 12.1. The van der Waals surface area contributed by atoms with Crippen LogP contribution in [0.5, 0.6) is 0 Å². The second-order valence-electron chi connectivity index (χ2n) is 7.48. The molecule has 0 spiro atoms. The zero-order valence-electron chi connectivity index (χ0n) is 12.3. The molecule has 0 aromatic heterocycles. The highest BCUT2D eigenvalue weighted by Crippen LogP contribution is 2.61. The normalized spacial score (nSPS) is 49.2. The van der Waals surface area contributed by atoms with E-state index in [0.717, 1.165) is 38.5 Å². The average Bonchev–Trinajstić information content (AvgIpc) is 2.34. The topological polar surface area (TPSA) is 46.5 Å². The van der Waals surface area contributed by atoms with Crippen LogP contribution in [0, 0.1) is 23.7 Å². The number of carbonyl (C=O) groups is 1. The first-order chi connectivity index (χ1) is 8.86. The Hall–Kier alpha value is -0.570. The zero-order chi connectivity index (χ0) is 13.8. The molecule has 0 heterocycles. The summed E-state index contributed by atoms with van der Waals surface area (Å²) in [6.45, 7) is 5.96. The van der Waals surface area contributed by atoms with Gasteiger partial charge in [-0.25, -0.2) is 0 Å². The summed E-state index contributed by atoms with van der Waals surface area (Å²) in [5, 5.41) is 10.7. The highest BCUT2D eigenvalue weighted by molar-refractivity contribution is 5.72. The molecule has 4 aliphatic rings. The molecule has 19 heavy (non-hydrogen) atoms. The molecule has 4 saturated carbocycles. The SMILES string of the molecule is CCC(C)C(=O)OC12CC3CC(C1)C(C)(O)C(C3)C2. The summed E-state index contributed by atoms with van der Waals surface area (Å²) in [5.74, 6) is 1.26. The first-order valence-corrected chi connectivity index (χ1v) is 7.81. The first-order valence-electron chi connectivity index (χ1n) is 7.81. The zero-order valence-corrected chi connectivity index (χ0v) is 12.3. The van der Waals surface area contributed by atoms with Crippen molar-refractivity contribution in [1.82, 2.24) is 0 Å². The van der Waals surface area contributed by atoms with Crippen molar-refractivity contribution < 1.29 is 14.6 Å². The predicted octanol–water partition coefficient (Wildman–Crippen LogP) is 2.91. The van der Waals surface area contributed by atoms with E-state index in [-0.39, 0.29) is 17.5 Å². The summed E-state index contributed by atoms with van der Waals surface area (Å²) in [7, 11) is 0. The average molecular weight is 266 g/mol. The number of ether oxygens (including phenoxy) is 1. The fourth-order valence-corrected chi connectivity index (χ4v) is 4.74. The first kappa shape index (κ1) is 13.4. The molecule has 4 bridgehead atoms. The van der Waals surface area contributed by atoms with E-state index in [1.54, 1.807) is 0 Å². The molecule has 4 fully saturated rings. The molecule has 3 heteroatoms. The molecule has 0 amide bonds. The van der Waals surface area contributed by atoms with Crippen LogP contribution in [0.4, 0.5) is 0 Å². The molecule has 108 valence electrons. The number of carbonyl (C=O) groups excluding carboxylic acids is 1. The second kappa shape index (κ2) is 4.21. The largest absolute Gasteiger partial charge is 0.459 e. The van der Waals surface area contributed by atoms with Crippen molar-refractivity contribution in [3.05, 3.63) is 0 Å². The molecule has 3 atom stereocenters. The van der Waals surface area contributed by atoms with E-state index in [0.29, 0.717) is 17.8 Å². The number of esters is 1. The van der Waals surface area contributed by atoms with Crippen molar-refractivity contribution >= 4 is 5.97 Å². The van der Waals surface area contributed by atoms with Gasteiger partial charge in [-0.05, 0) is 63.2 Å². The molecule has 0 radical (unpaired) electrons. The van der Waals surface area contributed by atoms with Crippen LogP contribution in [0.1, 0.15) is 59.3 Å². The molecule has 3 unspecified atom stereocenters. The van der Waals surface area contributed by atoms with Gasteiger partial charge in [0.05, 0.1) is 11.5 Å². The lowest BCUT2D eigenvalue weighted by Gasteiger charge is -2.61. The third-order valence-corrected chi connectivity index (χ3v) is 6.12. The van der Waals surface area contributed by atoms with Gasteiger partial charge in [-0.3, -0.25) is 4.79 Å². The Kier molecular flexibility index (Phi) is 2.97. The molecule has 1 N–H and O–H groups in total. The molecule has 0 aliphatic heterocycles. The van der Waals surface area contributed by atoms with Crippen LogP contribution >= 0.6 is 0 Å². The van der Waals surface area contributed by atoms with Crippen LogP contribution in [0.2, 0.25) is 0 Å². The van der Waals surface area contributed by atoms with Gasteiger partial charge in [0, 0.05) is 0 Å². The molecule has 0 aromatic carbocycles. The Morgan fingerprint density at radius 1 is 1.32 bits per heavy atom. The summed E-state index contributed by atoms with van der Waals surface area (Å²) < 4.78 is 5.95. The van der Waals surface area contributed by atoms with E-state index < -0.39 is 5.60 Å². The lowest BCUT2D eigenvalue weighted by Crippen LogP contribution is -2.63. The number of aliphatic hydroxyl groups is 1. The lowest BCUT2D eigenvalue weighted by atomic mass is 9.48. The minimum atomic E-state index is -0.538. The number of hydrogen-bond donors (Lipinski definition) is 1. The van der Waals surface area contributed by atoms with E-state index in [4.69, 9.17) is 4.74 Å². The van der Waals surface area contributed by atoms with Gasteiger partial charge in [-0.2, -0.15) is 0 Å². The minimum Gasteiger partial charge on any atom is -0.459 e. The van der Waals surface area contributed by atoms with Crippen molar-refractivity contribution in [2.24, 2.45) is 23.7 Å². The fraction of sp³-hybridized carbons (Fsp3) is 0.938. The van der Waals surface area contributed by atoms with Crippen molar-refractivity contribution in [3.63, 3.8) is 0 Å². The summed E-state index contributed by atoms with van der Waals surface area (Å²) in [4.78, 5) is 12.1. The van der Waals surface area contributed by atoms with E-state index in [1.807, 2.05) is 20.8 Å². The van der Waals surface area contributed by atoms with E-state index in [2.05, 4.69) is 0 Å². The number of hydrogen-bond acceptors (Lipinski definition) is 3. The fourth-order valence-electron chi connectivity index (χ4n) is 4.74. The quantitative estimate of drug-likeness (QED) is 0.799. The summed E-state index contributed by atoms with van der Waals surface area (Å²) in [6, 6.07) is 0. The standard InChI is InChI=1S/C16H26O3/c1-4-10(2)14(17)19-16-7-11-5-12(8-16)15(3,18)13(6-11)9-16/h10-13,18H,4-9H2,1-3H3. The van der Waals surface area contributed by atoms with Gasteiger partial charge in [0.2, 0.25) is 0 Å². The van der Waals surface area contributed by atoms with E-state index in [1.165, 1.54) is 0 Å². The van der Waals surface area contributed by atoms with Gasteiger partial charge >= 0.3 is 5.97 Å². The van der Waals surface area contributed by atoms with Gasteiger partial charge in [0.25, 0.3) is 0 Å². The Morgan fingerprint density at radius 3 is 2.42 bits per heavy atom. The van der Waals surface area contributed by atoms with E-state index >= 15 is 0 Å². The molecule has 4 rings (SSSR count). The van der Waals surface area contributed by atoms with Crippen molar-refractivity contribution in [3.8, 4) is 0 Å². The molecule has 0 saturated heterocycles. The highest BCUT2D eigenvalue weighted by Gasteiger charge is 2.61. The van der Waals surface area contributed by atoms with Crippen LogP contribution in [0.25, 0.3) is 0 Å². The van der Waals surface area contributed by atoms with Gasteiger partial charge in [0.1, 0.15) is 5.60 Å². The van der Waals surface area contributed by atoms with Crippen LogP contribution in [-0.2, 0) is 9.53 Å². The van der Waals surface area contributed by atoms with Crippen LogP contribution < -0.4 is 0 Å². The number of rotatable bonds is 3. The van der Waals surface area contributed by atoms with Crippen LogP contribution in [-0.4, -0.2) is 22.3 Å². The third kappa shape index (κ3) is 2.01. The lowest BCUT2D eigenvalue weighted by molar-refractivity contribution is -0.235. The maximum Gasteiger partial charge on any atom is 0.309 e. The van der Waals surface area contributed by atoms with Gasteiger partial charge in [-0.15, -0.1) is 0 Å². The Bertz CT molecular complexity index is 369. The smallest absolute Gasteiger partial charge is 0.309 e. The molecular formula is C16H26O3.